The lowest BCUT2D eigenvalue weighted by atomic mass is 9.93. The van der Waals surface area contributed by atoms with Crippen LogP contribution in [0, 0.1) is 5.92 Å². The van der Waals surface area contributed by atoms with Crippen LogP contribution in [0.5, 0.6) is 0 Å². The lowest BCUT2D eigenvalue weighted by Gasteiger charge is -2.30. The van der Waals surface area contributed by atoms with Gasteiger partial charge in [-0.25, -0.2) is 0 Å². The fourth-order valence-electron chi connectivity index (χ4n) is 2.94. The summed E-state index contributed by atoms with van der Waals surface area (Å²) in [5, 5.41) is 0. The monoisotopic (exact) mass is 257 g/mol. The summed E-state index contributed by atoms with van der Waals surface area (Å²) in [7, 11) is 0. The third-order valence-corrected chi connectivity index (χ3v) is 3.73. The molecule has 0 spiro atoms. The van der Waals surface area contributed by atoms with Crippen LogP contribution in [0.15, 0.2) is 36.4 Å². The van der Waals surface area contributed by atoms with Gasteiger partial charge in [0, 0.05) is 25.6 Å². The fraction of sp³-hybridized carbons (Fsp3) is 0.556. The highest BCUT2D eigenvalue weighted by Gasteiger charge is 2.17. The average Bonchev–Trinajstić information content (AvgIpc) is 2.39. The Morgan fingerprint density at radius 2 is 2.16 bits per heavy atom. The largest absolute Gasteiger partial charge is 0.299 e. The molecule has 0 aliphatic carbocycles. The smallest absolute Gasteiger partial charge is 0.0163 e. The summed E-state index contributed by atoms with van der Waals surface area (Å²) in [5.74, 6) is 1.32. The van der Waals surface area contributed by atoms with Gasteiger partial charge in [0.25, 0.3) is 0 Å². The van der Waals surface area contributed by atoms with E-state index in [1.807, 2.05) is 0 Å². The molecule has 0 bridgehead atoms. The SMILES string of the molecule is CCCc1cccc(C2C=CCN(CC(C)C)C2)c1. The molecule has 1 aliphatic heterocycles. The van der Waals surface area contributed by atoms with Gasteiger partial charge in [0.1, 0.15) is 0 Å². The lowest BCUT2D eigenvalue weighted by Crippen LogP contribution is -2.34. The van der Waals surface area contributed by atoms with Crippen LogP contribution < -0.4 is 0 Å². The van der Waals surface area contributed by atoms with Crippen LogP contribution in [0.25, 0.3) is 0 Å². The first-order chi connectivity index (χ1) is 9.19. The highest BCUT2D eigenvalue weighted by molar-refractivity contribution is 5.30. The van der Waals surface area contributed by atoms with Crippen molar-refractivity contribution in [1.29, 1.82) is 0 Å². The van der Waals surface area contributed by atoms with Crippen LogP contribution in [-0.4, -0.2) is 24.5 Å². The van der Waals surface area contributed by atoms with Crippen LogP contribution >= 0.6 is 0 Å². The van der Waals surface area contributed by atoms with Gasteiger partial charge < -0.3 is 0 Å². The molecule has 19 heavy (non-hydrogen) atoms. The predicted octanol–water partition coefficient (Wildman–Crippen LogP) is 4.25. The molecule has 0 saturated carbocycles. The van der Waals surface area contributed by atoms with E-state index in [4.69, 9.17) is 0 Å². The Bertz CT molecular complexity index is 419. The fourth-order valence-corrected chi connectivity index (χ4v) is 2.94. The summed E-state index contributed by atoms with van der Waals surface area (Å²) in [5.41, 5.74) is 2.96. The molecule has 0 amide bonds. The average molecular weight is 257 g/mol. The molecule has 104 valence electrons. The molecule has 0 N–H and O–H groups in total. The molecule has 1 aromatic rings. The Labute approximate surface area is 118 Å². The zero-order valence-corrected chi connectivity index (χ0v) is 12.6. The van der Waals surface area contributed by atoms with Gasteiger partial charge in [0.15, 0.2) is 0 Å². The minimum Gasteiger partial charge on any atom is -0.299 e. The Balaban J connectivity index is 2.06. The second-order valence-corrected chi connectivity index (χ2v) is 6.14. The zero-order valence-electron chi connectivity index (χ0n) is 12.6. The molecule has 1 aliphatic rings. The van der Waals surface area contributed by atoms with E-state index in [1.54, 1.807) is 0 Å². The maximum Gasteiger partial charge on any atom is 0.0163 e. The van der Waals surface area contributed by atoms with Gasteiger partial charge in [-0.05, 0) is 23.5 Å². The first-order valence-corrected chi connectivity index (χ1v) is 7.67. The van der Waals surface area contributed by atoms with Crippen molar-refractivity contribution in [2.24, 2.45) is 5.92 Å². The van der Waals surface area contributed by atoms with E-state index in [0.717, 1.165) is 12.5 Å². The van der Waals surface area contributed by atoms with Crippen LogP contribution in [-0.2, 0) is 6.42 Å². The van der Waals surface area contributed by atoms with Gasteiger partial charge in [0.05, 0.1) is 0 Å². The van der Waals surface area contributed by atoms with Crippen LogP contribution in [0.4, 0.5) is 0 Å². The van der Waals surface area contributed by atoms with Gasteiger partial charge in [-0.2, -0.15) is 0 Å². The van der Waals surface area contributed by atoms with Crippen molar-refractivity contribution in [3.05, 3.63) is 47.5 Å². The van der Waals surface area contributed by atoms with Crippen LogP contribution in [0.1, 0.15) is 44.2 Å². The van der Waals surface area contributed by atoms with E-state index in [2.05, 4.69) is 62.1 Å². The third-order valence-electron chi connectivity index (χ3n) is 3.73. The van der Waals surface area contributed by atoms with E-state index < -0.39 is 0 Å². The number of nitrogens with zero attached hydrogens (tertiary/aromatic N) is 1. The van der Waals surface area contributed by atoms with Gasteiger partial charge >= 0.3 is 0 Å². The van der Waals surface area contributed by atoms with Crippen molar-refractivity contribution < 1.29 is 0 Å². The first-order valence-electron chi connectivity index (χ1n) is 7.67. The maximum atomic E-state index is 2.57. The Morgan fingerprint density at radius 3 is 2.89 bits per heavy atom. The molecule has 1 atom stereocenters. The molecular formula is C18H27N. The predicted molar refractivity (Wildman–Crippen MR) is 83.6 cm³/mol. The molecule has 0 fully saturated rings. The van der Waals surface area contributed by atoms with Gasteiger partial charge in [0.2, 0.25) is 0 Å². The minimum atomic E-state index is 0.573. The quantitative estimate of drug-likeness (QED) is 0.713. The molecule has 2 rings (SSSR count). The topological polar surface area (TPSA) is 3.24 Å². The highest BCUT2D eigenvalue weighted by Crippen LogP contribution is 2.23. The molecule has 1 heterocycles. The number of rotatable bonds is 5. The van der Waals surface area contributed by atoms with Crippen molar-refractivity contribution in [1.82, 2.24) is 4.90 Å². The summed E-state index contributed by atoms with van der Waals surface area (Å²) in [6.07, 6.45) is 7.15. The molecule has 0 radical (unpaired) electrons. The molecule has 1 unspecified atom stereocenters. The number of hydrogen-bond donors (Lipinski definition) is 0. The van der Waals surface area contributed by atoms with Gasteiger partial charge in [-0.15, -0.1) is 0 Å². The normalized spacial score (nSPS) is 20.1. The minimum absolute atomic E-state index is 0.573. The van der Waals surface area contributed by atoms with Gasteiger partial charge in [-0.3, -0.25) is 4.90 Å². The summed E-state index contributed by atoms with van der Waals surface area (Å²) >= 11 is 0. The third kappa shape index (κ3) is 4.21. The Hall–Kier alpha value is -1.08. The second kappa shape index (κ2) is 6.91. The maximum absolute atomic E-state index is 2.57. The van der Waals surface area contributed by atoms with E-state index in [-0.39, 0.29) is 0 Å². The van der Waals surface area contributed by atoms with Crippen LogP contribution in [0.3, 0.4) is 0 Å². The van der Waals surface area contributed by atoms with Crippen molar-refractivity contribution in [2.45, 2.75) is 39.5 Å². The molecule has 1 nitrogen and oxygen atoms in total. The summed E-state index contributed by atoms with van der Waals surface area (Å²) in [6.45, 7) is 10.3. The molecule has 0 aromatic heterocycles. The van der Waals surface area contributed by atoms with Crippen molar-refractivity contribution in [2.75, 3.05) is 19.6 Å². The van der Waals surface area contributed by atoms with E-state index in [0.29, 0.717) is 5.92 Å². The number of benzene rings is 1. The lowest BCUT2D eigenvalue weighted by molar-refractivity contribution is 0.253. The molecular weight excluding hydrogens is 230 g/mol. The summed E-state index contributed by atoms with van der Waals surface area (Å²) in [4.78, 5) is 2.57. The van der Waals surface area contributed by atoms with Crippen molar-refractivity contribution in [3.63, 3.8) is 0 Å². The number of aryl methyl sites for hydroxylation is 1. The molecule has 1 heteroatoms. The molecule has 1 aromatic carbocycles. The van der Waals surface area contributed by atoms with Gasteiger partial charge in [-0.1, -0.05) is 63.6 Å². The Kier molecular flexibility index (Phi) is 5.21. The summed E-state index contributed by atoms with van der Waals surface area (Å²) in [6, 6.07) is 9.16. The molecule has 0 saturated heterocycles. The van der Waals surface area contributed by atoms with E-state index >= 15 is 0 Å². The van der Waals surface area contributed by atoms with Crippen molar-refractivity contribution in [3.8, 4) is 0 Å². The summed E-state index contributed by atoms with van der Waals surface area (Å²) < 4.78 is 0. The Morgan fingerprint density at radius 1 is 1.32 bits per heavy atom. The zero-order chi connectivity index (χ0) is 13.7. The van der Waals surface area contributed by atoms with E-state index in [9.17, 15) is 0 Å². The standard InChI is InChI=1S/C18H27N/c1-4-7-16-8-5-9-17(12-16)18-10-6-11-19(14-18)13-15(2)3/h5-6,8-10,12,15,18H,4,7,11,13-14H2,1-3H3. The first kappa shape index (κ1) is 14.3. The van der Waals surface area contributed by atoms with Crippen molar-refractivity contribution >= 4 is 0 Å². The number of hydrogen-bond acceptors (Lipinski definition) is 1. The highest BCUT2D eigenvalue weighted by atomic mass is 15.1. The van der Waals surface area contributed by atoms with E-state index in [1.165, 1.54) is 37.1 Å². The second-order valence-electron chi connectivity index (χ2n) is 6.14. The van der Waals surface area contributed by atoms with Crippen LogP contribution in [0.2, 0.25) is 0 Å².